The van der Waals surface area contributed by atoms with Crippen LogP contribution >= 0.6 is 0 Å². The van der Waals surface area contributed by atoms with Gasteiger partial charge in [0.2, 0.25) is 0 Å². The minimum absolute atomic E-state index is 1.12. The van der Waals surface area contributed by atoms with E-state index in [1.165, 1.54) is 59.8 Å². The molecule has 0 fully saturated rings. The second-order valence-corrected chi connectivity index (χ2v) is 8.02. The molecule has 156 valence electrons. The van der Waals surface area contributed by atoms with Crippen LogP contribution in [0.1, 0.15) is 37.7 Å². The Bertz CT molecular complexity index is 1040. The molecule has 0 saturated carbocycles. The van der Waals surface area contributed by atoms with Crippen LogP contribution < -0.4 is 4.90 Å². The van der Waals surface area contributed by atoms with Gasteiger partial charge in [0.05, 0.1) is 0 Å². The Morgan fingerprint density at radius 1 is 0.548 bits per heavy atom. The van der Waals surface area contributed by atoms with E-state index in [9.17, 15) is 0 Å². The number of nitrogens with zero attached hydrogens (tertiary/aromatic N) is 1. The predicted molar refractivity (Wildman–Crippen MR) is 135 cm³/mol. The van der Waals surface area contributed by atoms with Gasteiger partial charge in [-0.25, -0.2) is 0 Å². The molecule has 1 heteroatoms. The Labute approximate surface area is 186 Å². The summed E-state index contributed by atoms with van der Waals surface area (Å²) in [5.74, 6) is 0. The number of para-hydroxylation sites is 2. The van der Waals surface area contributed by atoms with E-state index in [1.807, 2.05) is 0 Å². The molecule has 0 radical (unpaired) electrons. The molecule has 0 atom stereocenters. The Balaban J connectivity index is 1.24. The summed E-state index contributed by atoms with van der Waals surface area (Å²) in [6.07, 6.45) is 11.9. The van der Waals surface area contributed by atoms with Crippen molar-refractivity contribution in [3.05, 3.63) is 121 Å². The second-order valence-electron chi connectivity index (χ2n) is 8.02. The lowest BCUT2D eigenvalue weighted by molar-refractivity contribution is 0.647. The first-order valence-corrected chi connectivity index (χ1v) is 11.4. The second kappa shape index (κ2) is 11.2. The lowest BCUT2D eigenvalue weighted by Crippen LogP contribution is -2.07. The summed E-state index contributed by atoms with van der Waals surface area (Å²) in [6, 6.07) is 36.5. The van der Waals surface area contributed by atoms with Crippen LogP contribution in [0.25, 0.3) is 10.8 Å². The summed E-state index contributed by atoms with van der Waals surface area (Å²) in [5.41, 5.74) is 3.87. The molecule has 1 nitrogen and oxygen atoms in total. The van der Waals surface area contributed by atoms with E-state index in [4.69, 9.17) is 0 Å². The van der Waals surface area contributed by atoms with Crippen LogP contribution in [0.3, 0.4) is 0 Å². The van der Waals surface area contributed by atoms with Crippen LogP contribution in [0, 0.1) is 0 Å². The quantitative estimate of drug-likeness (QED) is 0.238. The first-order valence-electron chi connectivity index (χ1n) is 11.4. The number of aryl methyl sites for hydroxylation is 1. The number of hydrogen-bond donors (Lipinski definition) is 0. The molecule has 0 aliphatic heterocycles. The third-order valence-electron chi connectivity index (χ3n) is 5.77. The van der Waals surface area contributed by atoms with Gasteiger partial charge in [-0.3, -0.25) is 0 Å². The highest BCUT2D eigenvalue weighted by Gasteiger charge is 2.04. The summed E-state index contributed by atoms with van der Waals surface area (Å²) in [5, 5.41) is 2.77. The van der Waals surface area contributed by atoms with Gasteiger partial charge in [0.1, 0.15) is 0 Å². The summed E-state index contributed by atoms with van der Waals surface area (Å²) >= 11 is 0. The number of allylic oxidation sites excluding steroid dienone is 1. The largest absolute Gasteiger partial charge is 0.318 e. The third-order valence-corrected chi connectivity index (χ3v) is 5.77. The molecule has 0 saturated heterocycles. The number of anilines is 2. The Kier molecular flexibility index (Phi) is 7.55. The van der Waals surface area contributed by atoms with Crippen LogP contribution in [-0.2, 0) is 6.42 Å². The molecule has 31 heavy (non-hydrogen) atoms. The van der Waals surface area contributed by atoms with Crippen LogP contribution in [0.4, 0.5) is 11.4 Å². The fourth-order valence-electron chi connectivity index (χ4n) is 4.12. The van der Waals surface area contributed by atoms with Crippen molar-refractivity contribution in [3.8, 4) is 0 Å². The van der Waals surface area contributed by atoms with E-state index in [0.717, 1.165) is 6.42 Å². The molecule has 0 bridgehead atoms. The molecule has 0 aliphatic carbocycles. The lowest BCUT2D eigenvalue weighted by atomic mass is 9.99. The van der Waals surface area contributed by atoms with E-state index < -0.39 is 0 Å². The number of unbranched alkanes of at least 4 members (excludes halogenated alkanes) is 4. The molecular formula is C30H31N. The minimum atomic E-state index is 1.12. The molecule has 0 unspecified atom stereocenters. The molecule has 4 aromatic rings. The molecule has 0 N–H and O–H groups in total. The average Bonchev–Trinajstić information content (AvgIpc) is 2.84. The summed E-state index contributed by atoms with van der Waals surface area (Å²) < 4.78 is 0. The minimum Gasteiger partial charge on any atom is -0.318 e. The van der Waals surface area contributed by atoms with Crippen molar-refractivity contribution >= 4 is 22.1 Å². The zero-order valence-electron chi connectivity index (χ0n) is 18.2. The molecule has 0 amide bonds. The molecule has 0 heterocycles. The number of rotatable bonds is 10. The van der Waals surface area contributed by atoms with Gasteiger partial charge in [-0.05, 0) is 66.3 Å². The van der Waals surface area contributed by atoms with E-state index >= 15 is 0 Å². The van der Waals surface area contributed by atoms with Crippen molar-refractivity contribution < 1.29 is 0 Å². The number of benzene rings is 4. The first kappa shape index (κ1) is 20.9. The van der Waals surface area contributed by atoms with Gasteiger partial charge < -0.3 is 4.90 Å². The molecule has 0 aliphatic rings. The van der Waals surface area contributed by atoms with E-state index in [-0.39, 0.29) is 0 Å². The topological polar surface area (TPSA) is 3.24 Å². The van der Waals surface area contributed by atoms with E-state index in [2.05, 4.69) is 120 Å². The smallest absolute Gasteiger partial charge is 0.0455 e. The molecular weight excluding hydrogens is 374 g/mol. The van der Waals surface area contributed by atoms with Crippen molar-refractivity contribution in [1.82, 2.24) is 0 Å². The molecule has 0 aromatic heterocycles. The summed E-state index contributed by atoms with van der Waals surface area (Å²) in [6.45, 7) is 0. The van der Waals surface area contributed by atoms with Crippen LogP contribution in [0.5, 0.6) is 0 Å². The van der Waals surface area contributed by atoms with Crippen molar-refractivity contribution in [2.45, 2.75) is 38.5 Å². The van der Waals surface area contributed by atoms with Crippen LogP contribution in [-0.4, -0.2) is 0 Å². The van der Waals surface area contributed by atoms with Crippen molar-refractivity contribution in [2.24, 2.45) is 0 Å². The van der Waals surface area contributed by atoms with Gasteiger partial charge in [0.25, 0.3) is 0 Å². The fraction of sp³-hybridized carbons (Fsp3) is 0.200. The van der Waals surface area contributed by atoms with Gasteiger partial charge in [-0.2, -0.15) is 0 Å². The standard InChI is InChI=1S/C30H31N/c1(3-7-16-26-18-15-19-27-17-12-13-24-30(26)27)2-4-14-25-31(28-20-8-5-9-21-28)29-22-10-6-11-23-29/h5-6,8-15,17-25H,1-4,7,16H2. The van der Waals surface area contributed by atoms with Gasteiger partial charge in [-0.15, -0.1) is 0 Å². The highest BCUT2D eigenvalue weighted by atomic mass is 15.1. The molecule has 4 rings (SSSR count). The maximum absolute atomic E-state index is 2.31. The highest BCUT2D eigenvalue weighted by molar-refractivity contribution is 5.85. The van der Waals surface area contributed by atoms with E-state index in [1.54, 1.807) is 0 Å². The van der Waals surface area contributed by atoms with Crippen molar-refractivity contribution in [3.63, 3.8) is 0 Å². The predicted octanol–water partition coefficient (Wildman–Crippen LogP) is 8.68. The monoisotopic (exact) mass is 405 g/mol. The van der Waals surface area contributed by atoms with Gasteiger partial charge >= 0.3 is 0 Å². The zero-order chi connectivity index (χ0) is 21.1. The Hall–Kier alpha value is -3.32. The van der Waals surface area contributed by atoms with Gasteiger partial charge in [-0.1, -0.05) is 97.8 Å². The first-order chi connectivity index (χ1) is 15.4. The zero-order valence-corrected chi connectivity index (χ0v) is 18.2. The highest BCUT2D eigenvalue weighted by Crippen LogP contribution is 2.25. The average molecular weight is 406 g/mol. The molecule has 0 spiro atoms. The lowest BCUT2D eigenvalue weighted by Gasteiger charge is -2.20. The maximum atomic E-state index is 2.31. The van der Waals surface area contributed by atoms with Crippen molar-refractivity contribution in [1.29, 1.82) is 0 Å². The van der Waals surface area contributed by atoms with Crippen LogP contribution in [0.2, 0.25) is 0 Å². The molecule has 4 aromatic carbocycles. The number of fused-ring (bicyclic) bond motifs is 1. The Morgan fingerprint density at radius 2 is 1.16 bits per heavy atom. The van der Waals surface area contributed by atoms with Gasteiger partial charge in [0.15, 0.2) is 0 Å². The van der Waals surface area contributed by atoms with Crippen LogP contribution in [0.15, 0.2) is 115 Å². The number of hydrogen-bond acceptors (Lipinski definition) is 1. The fourth-order valence-corrected chi connectivity index (χ4v) is 4.12. The normalized spacial score (nSPS) is 11.2. The Morgan fingerprint density at radius 3 is 1.90 bits per heavy atom. The van der Waals surface area contributed by atoms with E-state index in [0.29, 0.717) is 0 Å². The van der Waals surface area contributed by atoms with Crippen molar-refractivity contribution in [2.75, 3.05) is 4.90 Å². The summed E-state index contributed by atoms with van der Waals surface area (Å²) in [4.78, 5) is 2.26. The maximum Gasteiger partial charge on any atom is 0.0455 e. The third kappa shape index (κ3) is 5.86. The summed E-state index contributed by atoms with van der Waals surface area (Å²) in [7, 11) is 0. The SMILES string of the molecule is C(=CN(c1ccccc1)c1ccccc1)CCCCCCc1cccc2ccccc12. The van der Waals surface area contributed by atoms with Gasteiger partial charge in [0, 0.05) is 17.6 Å².